The van der Waals surface area contributed by atoms with Crippen molar-refractivity contribution in [1.82, 2.24) is 0 Å². The zero-order valence-electron chi connectivity index (χ0n) is 11.2. The Bertz CT molecular complexity index is 339. The molecule has 1 heterocycles. The highest BCUT2D eigenvalue weighted by atomic mass is 16.6. The second kappa shape index (κ2) is 6.76. The fraction of sp³-hybridized carbons (Fsp3) is 0.600. The van der Waals surface area contributed by atoms with Gasteiger partial charge in [-0.05, 0) is 31.0 Å². The Morgan fingerprint density at radius 1 is 1.11 bits per heavy atom. The Balaban J connectivity index is 1.89. The smallest absolute Gasteiger partial charge is 0.119 e. The van der Waals surface area contributed by atoms with Crippen molar-refractivity contribution in [2.24, 2.45) is 0 Å². The maximum Gasteiger partial charge on any atom is 0.119 e. The standard InChI is InChI=1S/C15H22O3/c1-3-5-14-10-18-15(11-17-14)12-6-8-13(9-7-12)16-4-2/h6-9,14-15H,3-5,10-11H2,1-2H3. The summed E-state index contributed by atoms with van der Waals surface area (Å²) < 4.78 is 17.1. The molecule has 2 atom stereocenters. The van der Waals surface area contributed by atoms with Crippen molar-refractivity contribution < 1.29 is 14.2 Å². The minimum absolute atomic E-state index is 0.0637. The van der Waals surface area contributed by atoms with Crippen molar-refractivity contribution in [1.29, 1.82) is 0 Å². The summed E-state index contributed by atoms with van der Waals surface area (Å²) in [5.74, 6) is 0.904. The molecule has 1 aromatic carbocycles. The molecule has 0 amide bonds. The maximum atomic E-state index is 5.86. The third-order valence-electron chi connectivity index (χ3n) is 3.14. The van der Waals surface area contributed by atoms with Crippen LogP contribution in [0.4, 0.5) is 0 Å². The Labute approximate surface area is 109 Å². The van der Waals surface area contributed by atoms with Gasteiger partial charge < -0.3 is 14.2 Å². The molecule has 1 aromatic rings. The lowest BCUT2D eigenvalue weighted by molar-refractivity contribution is -0.137. The van der Waals surface area contributed by atoms with Gasteiger partial charge in [0.1, 0.15) is 11.9 Å². The van der Waals surface area contributed by atoms with Crippen molar-refractivity contribution in [3.05, 3.63) is 29.8 Å². The Kier molecular flexibility index (Phi) is 5.02. The minimum Gasteiger partial charge on any atom is -0.494 e. The van der Waals surface area contributed by atoms with Crippen molar-refractivity contribution in [2.45, 2.75) is 38.9 Å². The van der Waals surface area contributed by atoms with Gasteiger partial charge in [0, 0.05) is 0 Å². The topological polar surface area (TPSA) is 27.7 Å². The van der Waals surface area contributed by atoms with Gasteiger partial charge in [0.15, 0.2) is 0 Å². The van der Waals surface area contributed by atoms with E-state index >= 15 is 0 Å². The van der Waals surface area contributed by atoms with E-state index in [1.54, 1.807) is 0 Å². The number of hydrogen-bond donors (Lipinski definition) is 0. The summed E-state index contributed by atoms with van der Waals surface area (Å²) in [6.07, 6.45) is 2.56. The van der Waals surface area contributed by atoms with Gasteiger partial charge in [-0.3, -0.25) is 0 Å². The molecule has 3 nitrogen and oxygen atoms in total. The van der Waals surface area contributed by atoms with Gasteiger partial charge in [-0.25, -0.2) is 0 Å². The number of benzene rings is 1. The van der Waals surface area contributed by atoms with Gasteiger partial charge in [-0.15, -0.1) is 0 Å². The highest BCUT2D eigenvalue weighted by molar-refractivity contribution is 5.28. The Hall–Kier alpha value is -1.06. The summed E-state index contributed by atoms with van der Waals surface area (Å²) in [6, 6.07) is 8.08. The van der Waals surface area contributed by atoms with E-state index in [1.807, 2.05) is 19.1 Å². The van der Waals surface area contributed by atoms with Crippen LogP contribution in [0, 0.1) is 0 Å². The molecule has 1 saturated heterocycles. The zero-order chi connectivity index (χ0) is 12.8. The van der Waals surface area contributed by atoms with E-state index in [1.165, 1.54) is 0 Å². The lowest BCUT2D eigenvalue weighted by Gasteiger charge is -2.29. The predicted octanol–water partition coefficient (Wildman–Crippen LogP) is 3.34. The van der Waals surface area contributed by atoms with E-state index in [9.17, 15) is 0 Å². The Morgan fingerprint density at radius 3 is 2.44 bits per heavy atom. The number of ether oxygens (including phenoxy) is 3. The first-order valence-electron chi connectivity index (χ1n) is 6.79. The number of rotatable bonds is 5. The summed E-state index contributed by atoms with van der Waals surface area (Å²) in [7, 11) is 0. The first-order valence-corrected chi connectivity index (χ1v) is 6.79. The van der Waals surface area contributed by atoms with Crippen molar-refractivity contribution in [3.8, 4) is 5.75 Å². The molecule has 1 fully saturated rings. The maximum absolute atomic E-state index is 5.86. The van der Waals surface area contributed by atoms with Crippen molar-refractivity contribution in [2.75, 3.05) is 19.8 Å². The molecule has 2 rings (SSSR count). The first kappa shape index (κ1) is 13.4. The van der Waals surface area contributed by atoms with Crippen LogP contribution in [0.25, 0.3) is 0 Å². The molecule has 3 heteroatoms. The average molecular weight is 250 g/mol. The van der Waals surface area contributed by atoms with Crippen LogP contribution in [0.1, 0.15) is 38.4 Å². The summed E-state index contributed by atoms with van der Waals surface area (Å²) in [4.78, 5) is 0. The molecular weight excluding hydrogens is 228 g/mol. The highest BCUT2D eigenvalue weighted by Crippen LogP contribution is 2.25. The zero-order valence-corrected chi connectivity index (χ0v) is 11.2. The van der Waals surface area contributed by atoms with Crippen molar-refractivity contribution in [3.63, 3.8) is 0 Å². The van der Waals surface area contributed by atoms with Crippen LogP contribution in [0.3, 0.4) is 0 Å². The summed E-state index contributed by atoms with van der Waals surface area (Å²) in [6.45, 7) is 6.20. The van der Waals surface area contributed by atoms with Crippen LogP contribution < -0.4 is 4.74 Å². The lowest BCUT2D eigenvalue weighted by Crippen LogP contribution is -2.30. The molecule has 1 aliphatic rings. The van der Waals surface area contributed by atoms with Crippen LogP contribution in [0.15, 0.2) is 24.3 Å². The van der Waals surface area contributed by atoms with Gasteiger partial charge >= 0.3 is 0 Å². The molecule has 0 aromatic heterocycles. The van der Waals surface area contributed by atoms with Crippen LogP contribution in [0.5, 0.6) is 5.75 Å². The highest BCUT2D eigenvalue weighted by Gasteiger charge is 2.22. The Morgan fingerprint density at radius 2 is 1.89 bits per heavy atom. The quantitative estimate of drug-likeness (QED) is 0.802. The van der Waals surface area contributed by atoms with Gasteiger partial charge in [0.25, 0.3) is 0 Å². The van der Waals surface area contributed by atoms with Crippen LogP contribution in [0.2, 0.25) is 0 Å². The van der Waals surface area contributed by atoms with Gasteiger partial charge in [0.2, 0.25) is 0 Å². The molecule has 0 radical (unpaired) electrons. The van der Waals surface area contributed by atoms with Crippen LogP contribution in [-0.2, 0) is 9.47 Å². The van der Waals surface area contributed by atoms with Gasteiger partial charge in [-0.1, -0.05) is 25.5 Å². The summed E-state index contributed by atoms with van der Waals surface area (Å²) >= 11 is 0. The normalized spacial score (nSPS) is 23.9. The van der Waals surface area contributed by atoms with Gasteiger partial charge in [-0.2, -0.15) is 0 Å². The molecule has 18 heavy (non-hydrogen) atoms. The molecule has 2 unspecified atom stereocenters. The van der Waals surface area contributed by atoms with Crippen LogP contribution in [-0.4, -0.2) is 25.9 Å². The van der Waals surface area contributed by atoms with E-state index < -0.39 is 0 Å². The number of hydrogen-bond acceptors (Lipinski definition) is 3. The molecule has 1 aliphatic heterocycles. The third-order valence-corrected chi connectivity index (χ3v) is 3.14. The lowest BCUT2D eigenvalue weighted by atomic mass is 10.1. The fourth-order valence-corrected chi connectivity index (χ4v) is 2.17. The molecule has 0 spiro atoms. The van der Waals surface area contributed by atoms with Gasteiger partial charge in [0.05, 0.1) is 25.9 Å². The monoisotopic (exact) mass is 250 g/mol. The average Bonchev–Trinajstić information content (AvgIpc) is 2.41. The SMILES string of the molecule is CCCC1COC(c2ccc(OCC)cc2)CO1. The largest absolute Gasteiger partial charge is 0.494 e. The van der Waals surface area contributed by atoms with Crippen molar-refractivity contribution >= 4 is 0 Å². The van der Waals surface area contributed by atoms with E-state index in [2.05, 4.69) is 19.1 Å². The van der Waals surface area contributed by atoms with E-state index in [4.69, 9.17) is 14.2 Å². The predicted molar refractivity (Wildman–Crippen MR) is 71.0 cm³/mol. The fourth-order valence-electron chi connectivity index (χ4n) is 2.17. The van der Waals surface area contributed by atoms with E-state index in [0.717, 1.165) is 24.2 Å². The summed E-state index contributed by atoms with van der Waals surface area (Å²) in [5, 5.41) is 0. The van der Waals surface area contributed by atoms with Crippen LogP contribution >= 0.6 is 0 Å². The first-order chi connectivity index (χ1) is 8.83. The third kappa shape index (κ3) is 3.47. The summed E-state index contributed by atoms with van der Waals surface area (Å²) in [5.41, 5.74) is 1.16. The second-order valence-electron chi connectivity index (χ2n) is 4.57. The molecular formula is C15H22O3. The second-order valence-corrected chi connectivity index (χ2v) is 4.57. The van der Waals surface area contributed by atoms with E-state index in [0.29, 0.717) is 19.8 Å². The minimum atomic E-state index is 0.0637. The molecule has 0 saturated carbocycles. The van der Waals surface area contributed by atoms with E-state index in [-0.39, 0.29) is 12.2 Å². The molecule has 0 aliphatic carbocycles. The molecule has 0 bridgehead atoms. The molecule has 0 N–H and O–H groups in total. The molecule has 100 valence electrons.